The van der Waals surface area contributed by atoms with Gasteiger partial charge >= 0.3 is 5.97 Å². The van der Waals surface area contributed by atoms with Crippen molar-refractivity contribution in [2.24, 2.45) is 0 Å². The highest BCUT2D eigenvalue weighted by atomic mass is 32.2. The van der Waals surface area contributed by atoms with Crippen LogP contribution in [0, 0.1) is 0 Å². The lowest BCUT2D eigenvalue weighted by atomic mass is 10.2. The number of carbonyl (C=O) groups excluding carboxylic acids is 1. The predicted molar refractivity (Wildman–Crippen MR) is 62.7 cm³/mol. The molecule has 0 saturated carbocycles. The summed E-state index contributed by atoms with van der Waals surface area (Å²) in [6.07, 6.45) is 5.80. The summed E-state index contributed by atoms with van der Waals surface area (Å²) < 4.78 is 25.4. The highest BCUT2D eigenvalue weighted by molar-refractivity contribution is 7.79. The normalized spacial score (nSPS) is 12.4. The van der Waals surface area contributed by atoms with Gasteiger partial charge in [0.1, 0.15) is 0 Å². The van der Waals surface area contributed by atoms with Crippen LogP contribution in [-0.4, -0.2) is 27.1 Å². The van der Waals surface area contributed by atoms with E-state index in [2.05, 4.69) is 6.92 Å². The zero-order valence-electron chi connectivity index (χ0n) is 9.91. The fourth-order valence-electron chi connectivity index (χ4n) is 1.28. The zero-order chi connectivity index (χ0) is 12.2. The molecule has 0 spiro atoms. The van der Waals surface area contributed by atoms with Crippen molar-refractivity contribution < 1.29 is 18.3 Å². The van der Waals surface area contributed by atoms with Crippen molar-refractivity contribution in [1.82, 2.24) is 0 Å². The Labute approximate surface area is 100 Å². The minimum Gasteiger partial charge on any atom is -0.772 e. The van der Waals surface area contributed by atoms with E-state index < -0.39 is 11.1 Å². The molecule has 4 nitrogen and oxygen atoms in total. The Balaban J connectivity index is 3.21. The maximum Gasteiger partial charge on any atom is 0.305 e. The number of esters is 1. The monoisotopic (exact) mass is 249 g/mol. The topological polar surface area (TPSA) is 66.4 Å². The van der Waals surface area contributed by atoms with E-state index in [1.807, 2.05) is 0 Å². The standard InChI is InChI=1S/C11H22O4S/c1-2-3-4-6-9-15-11(12)8-5-7-10-16(13)14/h2-10H2,1H3,(H,13,14)/p-1. The van der Waals surface area contributed by atoms with Gasteiger partial charge in [0.25, 0.3) is 0 Å². The van der Waals surface area contributed by atoms with Crippen molar-refractivity contribution in [2.45, 2.75) is 51.9 Å². The van der Waals surface area contributed by atoms with Crippen LogP contribution in [0.3, 0.4) is 0 Å². The van der Waals surface area contributed by atoms with Crippen LogP contribution in [0.15, 0.2) is 0 Å². The summed E-state index contributed by atoms with van der Waals surface area (Å²) in [6.45, 7) is 2.62. The SMILES string of the molecule is CCCCCCOC(=O)CCCCS(=O)[O-]. The predicted octanol–water partition coefficient (Wildman–Crippen LogP) is 2.16. The summed E-state index contributed by atoms with van der Waals surface area (Å²) in [6, 6.07) is 0. The Morgan fingerprint density at radius 1 is 1.19 bits per heavy atom. The van der Waals surface area contributed by atoms with Gasteiger partial charge in [0.15, 0.2) is 0 Å². The van der Waals surface area contributed by atoms with Crippen LogP contribution >= 0.6 is 0 Å². The molecule has 0 bridgehead atoms. The van der Waals surface area contributed by atoms with Gasteiger partial charge < -0.3 is 9.29 Å². The molecule has 0 aliphatic rings. The van der Waals surface area contributed by atoms with Crippen LogP contribution in [0.4, 0.5) is 0 Å². The second kappa shape index (κ2) is 11.1. The quantitative estimate of drug-likeness (QED) is 0.338. The van der Waals surface area contributed by atoms with Gasteiger partial charge in [-0.2, -0.15) is 0 Å². The summed E-state index contributed by atoms with van der Waals surface area (Å²) in [5.74, 6) is -0.0859. The van der Waals surface area contributed by atoms with Crippen LogP contribution in [0.5, 0.6) is 0 Å². The molecule has 0 aliphatic carbocycles. The van der Waals surface area contributed by atoms with E-state index in [1.165, 1.54) is 12.8 Å². The summed E-state index contributed by atoms with van der Waals surface area (Å²) >= 11 is -1.99. The minimum absolute atomic E-state index is 0.129. The van der Waals surface area contributed by atoms with Crippen molar-refractivity contribution in [3.63, 3.8) is 0 Å². The summed E-state index contributed by atoms with van der Waals surface area (Å²) in [7, 11) is 0. The molecule has 0 amide bonds. The summed E-state index contributed by atoms with van der Waals surface area (Å²) in [5, 5.41) is 0. The number of carbonyl (C=O) groups is 1. The first-order valence-electron chi connectivity index (χ1n) is 5.88. The lowest BCUT2D eigenvalue weighted by molar-refractivity contribution is -0.143. The van der Waals surface area contributed by atoms with E-state index in [0.717, 1.165) is 12.8 Å². The third kappa shape index (κ3) is 11.7. The Morgan fingerprint density at radius 2 is 1.94 bits per heavy atom. The van der Waals surface area contributed by atoms with Gasteiger partial charge in [-0.05, 0) is 19.3 Å². The number of rotatable bonds is 10. The lowest BCUT2D eigenvalue weighted by Crippen LogP contribution is -2.06. The van der Waals surface area contributed by atoms with Gasteiger partial charge in [0, 0.05) is 12.2 Å². The molecule has 0 N–H and O–H groups in total. The van der Waals surface area contributed by atoms with Crippen LogP contribution in [0.25, 0.3) is 0 Å². The second-order valence-corrected chi connectivity index (χ2v) is 4.76. The molecular weight excluding hydrogens is 228 g/mol. The van der Waals surface area contributed by atoms with Crippen molar-refractivity contribution >= 4 is 17.0 Å². The molecule has 16 heavy (non-hydrogen) atoms. The molecule has 0 saturated heterocycles. The van der Waals surface area contributed by atoms with Crippen molar-refractivity contribution in [3.8, 4) is 0 Å². The van der Waals surface area contributed by atoms with E-state index in [9.17, 15) is 13.6 Å². The Morgan fingerprint density at radius 3 is 2.56 bits per heavy atom. The van der Waals surface area contributed by atoms with Crippen molar-refractivity contribution in [2.75, 3.05) is 12.4 Å². The minimum atomic E-state index is -1.99. The van der Waals surface area contributed by atoms with E-state index in [-0.39, 0.29) is 11.7 Å². The summed E-state index contributed by atoms with van der Waals surface area (Å²) in [4.78, 5) is 11.1. The van der Waals surface area contributed by atoms with Gasteiger partial charge in [-0.1, -0.05) is 37.3 Å². The Kier molecular flexibility index (Phi) is 10.8. The van der Waals surface area contributed by atoms with E-state index >= 15 is 0 Å². The van der Waals surface area contributed by atoms with Crippen LogP contribution < -0.4 is 0 Å². The van der Waals surface area contributed by atoms with Gasteiger partial charge in [-0.15, -0.1) is 0 Å². The maximum atomic E-state index is 11.1. The number of hydrogen-bond acceptors (Lipinski definition) is 4. The summed E-state index contributed by atoms with van der Waals surface area (Å²) in [5.41, 5.74) is 0. The zero-order valence-corrected chi connectivity index (χ0v) is 10.7. The van der Waals surface area contributed by atoms with Gasteiger partial charge in [-0.25, -0.2) is 0 Å². The van der Waals surface area contributed by atoms with Crippen molar-refractivity contribution in [3.05, 3.63) is 0 Å². The molecule has 1 unspecified atom stereocenters. The highest BCUT2D eigenvalue weighted by Crippen LogP contribution is 2.02. The largest absolute Gasteiger partial charge is 0.772 e. The highest BCUT2D eigenvalue weighted by Gasteiger charge is 2.01. The number of ether oxygens (including phenoxy) is 1. The smallest absolute Gasteiger partial charge is 0.305 e. The molecule has 0 aromatic heterocycles. The van der Waals surface area contributed by atoms with E-state index in [0.29, 0.717) is 25.9 Å². The molecule has 0 aromatic rings. The lowest BCUT2D eigenvalue weighted by Gasteiger charge is -2.05. The molecule has 0 aromatic carbocycles. The van der Waals surface area contributed by atoms with Crippen molar-refractivity contribution in [1.29, 1.82) is 0 Å². The maximum absolute atomic E-state index is 11.1. The molecular formula is C11H21O4S-. The molecule has 0 radical (unpaired) electrons. The van der Waals surface area contributed by atoms with Crippen LogP contribution in [0.1, 0.15) is 51.9 Å². The van der Waals surface area contributed by atoms with E-state index in [1.54, 1.807) is 0 Å². The molecule has 96 valence electrons. The fraction of sp³-hybridized carbons (Fsp3) is 0.909. The number of unbranched alkanes of at least 4 members (excludes halogenated alkanes) is 4. The Hall–Kier alpha value is -0.420. The molecule has 1 atom stereocenters. The van der Waals surface area contributed by atoms with Gasteiger partial charge in [0.2, 0.25) is 0 Å². The second-order valence-electron chi connectivity index (χ2n) is 3.75. The van der Waals surface area contributed by atoms with Gasteiger partial charge in [0.05, 0.1) is 6.61 Å². The first-order chi connectivity index (χ1) is 7.66. The third-order valence-electron chi connectivity index (χ3n) is 2.20. The van der Waals surface area contributed by atoms with Crippen LogP contribution in [0.2, 0.25) is 0 Å². The molecule has 0 fully saturated rings. The van der Waals surface area contributed by atoms with Crippen LogP contribution in [-0.2, 0) is 20.6 Å². The third-order valence-corrected chi connectivity index (χ3v) is 2.82. The molecule has 5 heteroatoms. The van der Waals surface area contributed by atoms with E-state index in [4.69, 9.17) is 4.74 Å². The molecule has 0 aliphatic heterocycles. The molecule has 0 rings (SSSR count). The fourth-order valence-corrected chi connectivity index (χ4v) is 1.72. The average Bonchev–Trinajstić information content (AvgIpc) is 2.24. The number of hydrogen-bond donors (Lipinski definition) is 0. The molecule has 0 heterocycles. The average molecular weight is 249 g/mol. The Bertz CT molecular complexity index is 206. The van der Waals surface area contributed by atoms with Gasteiger partial charge in [-0.3, -0.25) is 9.00 Å². The first-order valence-corrected chi connectivity index (χ1v) is 7.12. The first kappa shape index (κ1) is 15.6.